The number of hydrogen-bond acceptors (Lipinski definition) is 3. The van der Waals surface area contributed by atoms with Gasteiger partial charge in [-0.1, -0.05) is 19.3 Å². The number of methoxy groups -OCH3 is 1. The van der Waals surface area contributed by atoms with Crippen molar-refractivity contribution in [2.75, 3.05) is 7.11 Å². The zero-order valence-electron chi connectivity index (χ0n) is 9.88. The fourth-order valence-corrected chi connectivity index (χ4v) is 2.45. The second kappa shape index (κ2) is 4.68. The first-order chi connectivity index (χ1) is 7.72. The smallest absolute Gasteiger partial charge is 0.293 e. The van der Waals surface area contributed by atoms with Gasteiger partial charge in [0, 0.05) is 5.92 Å². The summed E-state index contributed by atoms with van der Waals surface area (Å²) in [6.07, 6.45) is 5.97. The summed E-state index contributed by atoms with van der Waals surface area (Å²) in [5.74, 6) is 1.47. The molecule has 1 saturated carbocycles. The lowest BCUT2D eigenvalue weighted by Crippen LogP contribution is -2.19. The first kappa shape index (κ1) is 11.2. The van der Waals surface area contributed by atoms with Gasteiger partial charge in [-0.3, -0.25) is 4.79 Å². The first-order valence-electron chi connectivity index (χ1n) is 5.87. The molecule has 0 bridgehead atoms. The predicted octanol–water partition coefficient (Wildman–Crippen LogP) is 2.13. The van der Waals surface area contributed by atoms with Gasteiger partial charge in [-0.2, -0.15) is 0 Å². The summed E-state index contributed by atoms with van der Waals surface area (Å²) >= 11 is 0. The Morgan fingerprint density at radius 2 is 2.00 bits per heavy atom. The minimum Gasteiger partial charge on any atom is -0.490 e. The van der Waals surface area contributed by atoms with Crippen molar-refractivity contribution < 1.29 is 4.74 Å². The third-order valence-electron chi connectivity index (χ3n) is 3.22. The van der Waals surface area contributed by atoms with Gasteiger partial charge in [0.05, 0.1) is 12.8 Å². The molecule has 0 amide bonds. The SMILES string of the molecule is COc1c(C2CCCCC2)nc(C)[nH]c1=O. The summed E-state index contributed by atoms with van der Waals surface area (Å²) in [5, 5.41) is 0. The molecule has 88 valence electrons. The van der Waals surface area contributed by atoms with Gasteiger partial charge in [0.2, 0.25) is 5.75 Å². The van der Waals surface area contributed by atoms with Crippen LogP contribution in [0, 0.1) is 6.92 Å². The molecule has 1 aromatic rings. The van der Waals surface area contributed by atoms with E-state index in [9.17, 15) is 4.79 Å². The van der Waals surface area contributed by atoms with Crippen molar-refractivity contribution in [3.63, 3.8) is 0 Å². The zero-order chi connectivity index (χ0) is 11.5. The van der Waals surface area contributed by atoms with Crippen LogP contribution < -0.4 is 10.3 Å². The molecule has 0 saturated heterocycles. The molecule has 0 aliphatic heterocycles. The van der Waals surface area contributed by atoms with E-state index in [4.69, 9.17) is 4.74 Å². The van der Waals surface area contributed by atoms with Crippen LogP contribution in [-0.2, 0) is 0 Å². The second-order valence-corrected chi connectivity index (χ2v) is 4.40. The number of nitrogens with zero attached hydrogens (tertiary/aromatic N) is 1. The van der Waals surface area contributed by atoms with Crippen LogP contribution in [0.2, 0.25) is 0 Å². The summed E-state index contributed by atoms with van der Waals surface area (Å²) in [4.78, 5) is 18.8. The van der Waals surface area contributed by atoms with Crippen molar-refractivity contribution in [3.8, 4) is 5.75 Å². The molecule has 1 aliphatic carbocycles. The van der Waals surface area contributed by atoms with Crippen molar-refractivity contribution in [1.29, 1.82) is 0 Å². The summed E-state index contributed by atoms with van der Waals surface area (Å²) in [6.45, 7) is 1.81. The maximum absolute atomic E-state index is 11.7. The van der Waals surface area contributed by atoms with Gasteiger partial charge in [-0.25, -0.2) is 4.98 Å². The number of ether oxygens (including phenoxy) is 1. The highest BCUT2D eigenvalue weighted by Gasteiger charge is 2.22. The molecule has 1 heterocycles. The zero-order valence-corrected chi connectivity index (χ0v) is 9.88. The van der Waals surface area contributed by atoms with Crippen LogP contribution in [0.3, 0.4) is 0 Å². The number of H-pyrrole nitrogens is 1. The molecule has 0 spiro atoms. The van der Waals surface area contributed by atoms with E-state index in [1.807, 2.05) is 6.92 Å². The maximum Gasteiger partial charge on any atom is 0.293 e. The van der Waals surface area contributed by atoms with Crippen LogP contribution in [0.25, 0.3) is 0 Å². The quantitative estimate of drug-likeness (QED) is 0.834. The Labute approximate surface area is 95.1 Å². The molecule has 4 heteroatoms. The number of aromatic nitrogens is 2. The van der Waals surface area contributed by atoms with E-state index in [0.717, 1.165) is 18.5 Å². The lowest BCUT2D eigenvalue weighted by Gasteiger charge is -2.22. The van der Waals surface area contributed by atoms with Gasteiger partial charge in [0.25, 0.3) is 5.56 Å². The standard InChI is InChI=1S/C12H18N2O2/c1-8-13-10(9-6-4-3-5-7-9)11(16-2)12(15)14-8/h9H,3-7H2,1-2H3,(H,13,14,15). The molecule has 1 aromatic heterocycles. The topological polar surface area (TPSA) is 55.0 Å². The van der Waals surface area contributed by atoms with Gasteiger partial charge in [0.15, 0.2) is 0 Å². The van der Waals surface area contributed by atoms with E-state index in [2.05, 4.69) is 9.97 Å². The fourth-order valence-electron chi connectivity index (χ4n) is 2.45. The van der Waals surface area contributed by atoms with E-state index in [1.165, 1.54) is 26.4 Å². The molecule has 1 N–H and O–H groups in total. The highest BCUT2D eigenvalue weighted by molar-refractivity contribution is 5.28. The lowest BCUT2D eigenvalue weighted by molar-refractivity contribution is 0.374. The Bertz CT molecular complexity index is 420. The molecule has 0 unspecified atom stereocenters. The molecule has 0 aromatic carbocycles. The molecule has 1 aliphatic rings. The highest BCUT2D eigenvalue weighted by Crippen LogP contribution is 2.34. The van der Waals surface area contributed by atoms with Crippen LogP contribution >= 0.6 is 0 Å². The molecular formula is C12H18N2O2. The van der Waals surface area contributed by atoms with E-state index >= 15 is 0 Å². The Kier molecular flexibility index (Phi) is 3.27. The fraction of sp³-hybridized carbons (Fsp3) is 0.667. The molecular weight excluding hydrogens is 204 g/mol. The van der Waals surface area contributed by atoms with Gasteiger partial charge in [-0.05, 0) is 19.8 Å². The predicted molar refractivity (Wildman–Crippen MR) is 62.0 cm³/mol. The molecule has 16 heavy (non-hydrogen) atoms. The summed E-state index contributed by atoms with van der Waals surface area (Å²) < 4.78 is 5.18. The van der Waals surface area contributed by atoms with Crippen LogP contribution in [0.4, 0.5) is 0 Å². The van der Waals surface area contributed by atoms with Crippen molar-refractivity contribution in [3.05, 3.63) is 21.9 Å². The maximum atomic E-state index is 11.7. The number of rotatable bonds is 2. The van der Waals surface area contributed by atoms with Gasteiger partial charge >= 0.3 is 0 Å². The van der Waals surface area contributed by atoms with Crippen molar-refractivity contribution in [1.82, 2.24) is 9.97 Å². The van der Waals surface area contributed by atoms with Crippen LogP contribution in [-0.4, -0.2) is 17.1 Å². The second-order valence-electron chi connectivity index (χ2n) is 4.40. The average Bonchev–Trinajstić information content (AvgIpc) is 2.29. The van der Waals surface area contributed by atoms with Gasteiger partial charge < -0.3 is 9.72 Å². The van der Waals surface area contributed by atoms with E-state index in [-0.39, 0.29) is 5.56 Å². The van der Waals surface area contributed by atoms with E-state index in [0.29, 0.717) is 17.5 Å². The minimum absolute atomic E-state index is 0.157. The average molecular weight is 222 g/mol. The van der Waals surface area contributed by atoms with Gasteiger partial charge in [0.1, 0.15) is 5.82 Å². The number of aryl methyl sites for hydroxylation is 1. The largest absolute Gasteiger partial charge is 0.490 e. The van der Waals surface area contributed by atoms with Gasteiger partial charge in [-0.15, -0.1) is 0 Å². The molecule has 2 rings (SSSR count). The molecule has 4 nitrogen and oxygen atoms in total. The Balaban J connectivity index is 2.41. The van der Waals surface area contributed by atoms with Crippen LogP contribution in [0.1, 0.15) is 49.5 Å². The monoisotopic (exact) mass is 222 g/mol. The Hall–Kier alpha value is -1.32. The lowest BCUT2D eigenvalue weighted by atomic mass is 9.86. The molecule has 0 radical (unpaired) electrons. The summed E-state index contributed by atoms with van der Waals surface area (Å²) in [6, 6.07) is 0. The van der Waals surface area contributed by atoms with Crippen LogP contribution in [0.5, 0.6) is 5.75 Å². The Morgan fingerprint density at radius 3 is 2.62 bits per heavy atom. The normalized spacial score (nSPS) is 17.4. The Morgan fingerprint density at radius 1 is 1.31 bits per heavy atom. The van der Waals surface area contributed by atoms with Crippen LogP contribution in [0.15, 0.2) is 4.79 Å². The number of hydrogen-bond donors (Lipinski definition) is 1. The molecule has 0 atom stereocenters. The number of aromatic amines is 1. The summed E-state index contributed by atoms with van der Waals surface area (Å²) in [5.41, 5.74) is 0.694. The van der Waals surface area contributed by atoms with Crippen molar-refractivity contribution >= 4 is 0 Å². The van der Waals surface area contributed by atoms with Crippen molar-refractivity contribution in [2.24, 2.45) is 0 Å². The minimum atomic E-state index is -0.157. The van der Waals surface area contributed by atoms with E-state index in [1.54, 1.807) is 0 Å². The third-order valence-corrected chi connectivity index (χ3v) is 3.22. The summed E-state index contributed by atoms with van der Waals surface area (Å²) in [7, 11) is 1.54. The molecule has 1 fully saturated rings. The number of nitrogens with one attached hydrogen (secondary N) is 1. The third kappa shape index (κ3) is 2.10. The van der Waals surface area contributed by atoms with E-state index < -0.39 is 0 Å². The first-order valence-corrected chi connectivity index (χ1v) is 5.87. The highest BCUT2D eigenvalue weighted by atomic mass is 16.5. The van der Waals surface area contributed by atoms with Crippen molar-refractivity contribution in [2.45, 2.75) is 44.9 Å².